The number of nitrogens with zero attached hydrogens (tertiary/aromatic N) is 3. The third-order valence-electron chi connectivity index (χ3n) is 4.64. The van der Waals surface area contributed by atoms with Gasteiger partial charge in [-0.3, -0.25) is 14.7 Å². The molecule has 10 heteroatoms. The van der Waals surface area contributed by atoms with E-state index >= 15 is 0 Å². The number of methoxy groups -OCH3 is 1. The molecular formula is C15H26F3IN4O2. The summed E-state index contributed by atoms with van der Waals surface area (Å²) in [6, 6.07) is -0.0708. The van der Waals surface area contributed by atoms with E-state index in [-0.39, 0.29) is 47.8 Å². The van der Waals surface area contributed by atoms with E-state index in [1.807, 2.05) is 11.8 Å². The molecule has 146 valence electrons. The van der Waals surface area contributed by atoms with Crippen LogP contribution in [0.15, 0.2) is 4.99 Å². The molecule has 2 heterocycles. The van der Waals surface area contributed by atoms with E-state index in [1.54, 1.807) is 7.05 Å². The summed E-state index contributed by atoms with van der Waals surface area (Å²) in [5.74, 6) is 0.324. The number of hydrogen-bond donors (Lipinski definition) is 1. The highest BCUT2D eigenvalue weighted by Crippen LogP contribution is 2.25. The summed E-state index contributed by atoms with van der Waals surface area (Å²) in [6.07, 6.45) is -3.53. The van der Waals surface area contributed by atoms with E-state index in [0.717, 1.165) is 0 Å². The summed E-state index contributed by atoms with van der Waals surface area (Å²) < 4.78 is 42.2. The average Bonchev–Trinajstić information content (AvgIpc) is 3.08. The number of rotatable bonds is 3. The van der Waals surface area contributed by atoms with Crippen LogP contribution < -0.4 is 5.32 Å². The second-order valence-corrected chi connectivity index (χ2v) is 6.54. The molecule has 0 aromatic carbocycles. The van der Waals surface area contributed by atoms with Gasteiger partial charge >= 0.3 is 12.1 Å². The van der Waals surface area contributed by atoms with Crippen LogP contribution in [-0.4, -0.2) is 80.8 Å². The number of likely N-dealkylation sites (tertiary alicyclic amines) is 2. The zero-order valence-electron chi connectivity index (χ0n) is 14.7. The lowest BCUT2D eigenvalue weighted by molar-refractivity contribution is -0.146. The molecule has 3 atom stereocenters. The van der Waals surface area contributed by atoms with E-state index in [0.29, 0.717) is 38.6 Å². The largest absolute Gasteiger partial charge is 0.469 e. The van der Waals surface area contributed by atoms with Gasteiger partial charge in [-0.2, -0.15) is 13.2 Å². The van der Waals surface area contributed by atoms with E-state index in [2.05, 4.69) is 10.3 Å². The maximum Gasteiger partial charge on any atom is 0.401 e. The van der Waals surface area contributed by atoms with E-state index < -0.39 is 12.7 Å². The van der Waals surface area contributed by atoms with Crippen molar-refractivity contribution in [3.8, 4) is 0 Å². The molecular weight excluding hydrogens is 452 g/mol. The third kappa shape index (κ3) is 6.15. The van der Waals surface area contributed by atoms with Crippen LogP contribution in [0.25, 0.3) is 0 Å². The Balaban J connectivity index is 0.00000312. The highest BCUT2D eigenvalue weighted by Gasteiger charge is 2.38. The van der Waals surface area contributed by atoms with Gasteiger partial charge in [-0.15, -0.1) is 24.0 Å². The van der Waals surface area contributed by atoms with Crippen LogP contribution in [-0.2, 0) is 9.53 Å². The lowest BCUT2D eigenvalue weighted by atomic mass is 9.99. The van der Waals surface area contributed by atoms with Gasteiger partial charge in [-0.05, 0) is 12.3 Å². The van der Waals surface area contributed by atoms with Gasteiger partial charge in [0, 0.05) is 39.3 Å². The van der Waals surface area contributed by atoms with Crippen LogP contribution >= 0.6 is 24.0 Å². The summed E-state index contributed by atoms with van der Waals surface area (Å²) in [4.78, 5) is 19.4. The average molecular weight is 478 g/mol. The Kier molecular flexibility index (Phi) is 8.23. The van der Waals surface area contributed by atoms with Crippen molar-refractivity contribution in [2.45, 2.75) is 25.6 Å². The molecule has 2 aliphatic rings. The maximum absolute atomic E-state index is 12.5. The van der Waals surface area contributed by atoms with Gasteiger partial charge in [0.25, 0.3) is 0 Å². The van der Waals surface area contributed by atoms with Crippen molar-refractivity contribution in [3.05, 3.63) is 0 Å². The van der Waals surface area contributed by atoms with Gasteiger partial charge < -0.3 is 15.0 Å². The Labute approximate surface area is 163 Å². The number of ether oxygens (including phenoxy) is 1. The van der Waals surface area contributed by atoms with Crippen molar-refractivity contribution in [1.82, 2.24) is 15.1 Å². The zero-order chi connectivity index (χ0) is 17.9. The molecule has 0 amide bonds. The minimum atomic E-state index is -4.17. The quantitative estimate of drug-likeness (QED) is 0.289. The smallest absolute Gasteiger partial charge is 0.401 e. The van der Waals surface area contributed by atoms with E-state index in [9.17, 15) is 18.0 Å². The SMILES string of the molecule is CN=C(NC1CCN(CC(F)(F)F)C1)N1CC(C)C(C(=O)OC)C1.I. The second-order valence-electron chi connectivity index (χ2n) is 6.54. The minimum Gasteiger partial charge on any atom is -0.469 e. The number of aliphatic imine (C=N–C) groups is 1. The first-order valence-corrected chi connectivity index (χ1v) is 8.08. The first-order valence-electron chi connectivity index (χ1n) is 8.08. The summed E-state index contributed by atoms with van der Waals surface area (Å²) in [5, 5.41) is 3.24. The lowest BCUT2D eigenvalue weighted by Crippen LogP contribution is -2.46. The monoisotopic (exact) mass is 478 g/mol. The number of guanidine groups is 1. The van der Waals surface area contributed by atoms with Gasteiger partial charge in [-0.1, -0.05) is 6.92 Å². The first kappa shape index (κ1) is 22.3. The molecule has 2 aliphatic heterocycles. The van der Waals surface area contributed by atoms with Crippen molar-refractivity contribution in [1.29, 1.82) is 0 Å². The third-order valence-corrected chi connectivity index (χ3v) is 4.64. The Morgan fingerprint density at radius 3 is 2.56 bits per heavy atom. The van der Waals surface area contributed by atoms with Crippen molar-refractivity contribution in [2.75, 3.05) is 46.9 Å². The fourth-order valence-corrected chi connectivity index (χ4v) is 3.43. The normalized spacial score (nSPS) is 28.0. The van der Waals surface area contributed by atoms with Gasteiger partial charge in [0.1, 0.15) is 0 Å². The molecule has 2 rings (SSSR count). The second kappa shape index (κ2) is 9.24. The number of carbonyl (C=O) groups excluding carboxylic acids is 1. The van der Waals surface area contributed by atoms with Crippen LogP contribution in [0.1, 0.15) is 13.3 Å². The molecule has 1 N–H and O–H groups in total. The molecule has 0 saturated carbocycles. The standard InChI is InChI=1S/C15H25F3N4O2.HI/c1-10-6-22(8-12(10)13(23)24-3)14(19-2)20-11-4-5-21(7-11)9-15(16,17)18;/h10-12H,4-9H2,1-3H3,(H,19,20);1H. The first-order chi connectivity index (χ1) is 11.2. The molecule has 6 nitrogen and oxygen atoms in total. The Hall–Kier alpha value is -0.780. The molecule has 0 aromatic heterocycles. The van der Waals surface area contributed by atoms with Gasteiger partial charge in [0.15, 0.2) is 5.96 Å². The Morgan fingerprint density at radius 1 is 1.32 bits per heavy atom. The van der Waals surface area contributed by atoms with E-state index in [4.69, 9.17) is 4.74 Å². The Bertz CT molecular complexity index is 490. The molecule has 2 fully saturated rings. The molecule has 0 spiro atoms. The predicted molar refractivity (Wildman–Crippen MR) is 99.1 cm³/mol. The molecule has 0 aliphatic carbocycles. The summed E-state index contributed by atoms with van der Waals surface area (Å²) in [6.45, 7) is 3.02. The van der Waals surface area contributed by atoms with Gasteiger partial charge in [0.05, 0.1) is 19.6 Å². The summed E-state index contributed by atoms with van der Waals surface area (Å²) in [5.41, 5.74) is 0. The molecule has 2 saturated heterocycles. The van der Waals surface area contributed by atoms with Crippen molar-refractivity contribution in [3.63, 3.8) is 0 Å². The Morgan fingerprint density at radius 2 is 2.00 bits per heavy atom. The number of nitrogens with one attached hydrogen (secondary N) is 1. The molecule has 0 radical (unpaired) electrons. The number of halogens is 4. The minimum absolute atomic E-state index is 0. The summed E-state index contributed by atoms with van der Waals surface area (Å²) in [7, 11) is 3.01. The van der Waals surface area contributed by atoms with Crippen LogP contribution in [0.4, 0.5) is 13.2 Å². The van der Waals surface area contributed by atoms with Crippen LogP contribution in [0, 0.1) is 11.8 Å². The fraction of sp³-hybridized carbons (Fsp3) is 0.867. The highest BCUT2D eigenvalue weighted by atomic mass is 127. The van der Waals surface area contributed by atoms with Crippen LogP contribution in [0.3, 0.4) is 0 Å². The van der Waals surface area contributed by atoms with Crippen molar-refractivity contribution >= 4 is 35.9 Å². The van der Waals surface area contributed by atoms with Crippen LogP contribution in [0.2, 0.25) is 0 Å². The predicted octanol–water partition coefficient (Wildman–Crippen LogP) is 1.56. The van der Waals surface area contributed by atoms with E-state index in [1.165, 1.54) is 12.0 Å². The lowest BCUT2D eigenvalue weighted by Gasteiger charge is -2.25. The number of hydrogen-bond acceptors (Lipinski definition) is 4. The molecule has 25 heavy (non-hydrogen) atoms. The van der Waals surface area contributed by atoms with Crippen molar-refractivity contribution < 1.29 is 22.7 Å². The highest BCUT2D eigenvalue weighted by molar-refractivity contribution is 14.0. The molecule has 0 aromatic rings. The zero-order valence-corrected chi connectivity index (χ0v) is 17.0. The fourth-order valence-electron chi connectivity index (χ4n) is 3.43. The maximum atomic E-state index is 12.5. The van der Waals surface area contributed by atoms with Gasteiger partial charge in [-0.25, -0.2) is 0 Å². The molecule has 0 bridgehead atoms. The van der Waals surface area contributed by atoms with Crippen LogP contribution in [0.5, 0.6) is 0 Å². The topological polar surface area (TPSA) is 57.2 Å². The molecule has 3 unspecified atom stereocenters. The van der Waals surface area contributed by atoms with Gasteiger partial charge in [0.2, 0.25) is 0 Å². The number of alkyl halides is 3. The summed E-state index contributed by atoms with van der Waals surface area (Å²) >= 11 is 0. The number of carbonyl (C=O) groups is 1. The van der Waals surface area contributed by atoms with Crippen molar-refractivity contribution in [2.24, 2.45) is 16.8 Å². The number of esters is 1.